The van der Waals surface area contributed by atoms with Gasteiger partial charge in [-0.3, -0.25) is 0 Å². The molecular formula is C20H24N6. The lowest BCUT2D eigenvalue weighted by atomic mass is 9.94. The number of fused-ring (bicyclic) bond motifs is 1. The van der Waals surface area contributed by atoms with Crippen molar-refractivity contribution < 1.29 is 0 Å². The van der Waals surface area contributed by atoms with Crippen LogP contribution in [-0.4, -0.2) is 34.1 Å². The second-order valence-electron chi connectivity index (χ2n) is 7.26. The van der Waals surface area contributed by atoms with Crippen molar-refractivity contribution in [2.45, 2.75) is 51.5 Å². The van der Waals surface area contributed by atoms with Crippen LogP contribution in [0.4, 0.5) is 11.6 Å². The second-order valence-corrected chi connectivity index (χ2v) is 7.26. The van der Waals surface area contributed by atoms with Gasteiger partial charge in [0.2, 0.25) is 0 Å². The number of anilines is 2. The van der Waals surface area contributed by atoms with Gasteiger partial charge in [0.15, 0.2) is 0 Å². The van der Waals surface area contributed by atoms with E-state index in [0.29, 0.717) is 11.6 Å². The van der Waals surface area contributed by atoms with Gasteiger partial charge in [-0.05, 0) is 57.1 Å². The smallest absolute Gasteiger partial charge is 0.146 e. The Labute approximate surface area is 154 Å². The fourth-order valence-corrected chi connectivity index (χ4v) is 3.98. The fourth-order valence-electron chi connectivity index (χ4n) is 3.98. The molecule has 0 saturated carbocycles. The molecule has 0 bridgehead atoms. The summed E-state index contributed by atoms with van der Waals surface area (Å²) in [5.74, 6) is 1.72. The summed E-state index contributed by atoms with van der Waals surface area (Å²) in [5, 5.41) is 13.2. The molecule has 1 aliphatic carbocycles. The topological polar surface area (TPSA) is 77.7 Å². The standard InChI is InChI=1S/C20H24N6/c1-14-9-19(23-13-22-14)24-17-6-4-8-26(12-17)20-16(11-21)10-15-5-2-3-7-18(15)25-20/h9-10,13,17H,2-8,12H2,1H3,(H,22,23,24). The minimum absolute atomic E-state index is 0.294. The molecule has 0 radical (unpaired) electrons. The van der Waals surface area contributed by atoms with E-state index in [-0.39, 0.29) is 0 Å². The zero-order chi connectivity index (χ0) is 17.9. The summed E-state index contributed by atoms with van der Waals surface area (Å²) < 4.78 is 0. The SMILES string of the molecule is Cc1cc(NC2CCCN(c3nc4c(cc3C#N)CCCC4)C2)ncn1. The summed E-state index contributed by atoms with van der Waals surface area (Å²) in [6, 6.07) is 6.70. The van der Waals surface area contributed by atoms with Crippen molar-refractivity contribution in [3.05, 3.63) is 41.0 Å². The lowest BCUT2D eigenvalue weighted by Gasteiger charge is -2.35. The number of aromatic nitrogens is 3. The van der Waals surface area contributed by atoms with Gasteiger partial charge in [-0.25, -0.2) is 15.0 Å². The molecule has 0 spiro atoms. The van der Waals surface area contributed by atoms with Gasteiger partial charge in [0, 0.05) is 36.6 Å². The molecule has 1 unspecified atom stereocenters. The summed E-state index contributed by atoms with van der Waals surface area (Å²) in [6.07, 6.45) is 8.24. The minimum atomic E-state index is 0.294. The fraction of sp³-hybridized carbons (Fsp3) is 0.500. The number of rotatable bonds is 3. The van der Waals surface area contributed by atoms with E-state index in [9.17, 15) is 5.26 Å². The van der Waals surface area contributed by atoms with Crippen LogP contribution in [0.1, 0.15) is 48.2 Å². The van der Waals surface area contributed by atoms with Crippen LogP contribution in [0.3, 0.4) is 0 Å². The van der Waals surface area contributed by atoms with E-state index < -0.39 is 0 Å². The Morgan fingerprint density at radius 3 is 2.92 bits per heavy atom. The van der Waals surface area contributed by atoms with Crippen molar-refractivity contribution >= 4 is 11.6 Å². The van der Waals surface area contributed by atoms with E-state index in [1.54, 1.807) is 6.33 Å². The average molecular weight is 348 g/mol. The highest BCUT2D eigenvalue weighted by molar-refractivity contribution is 5.57. The van der Waals surface area contributed by atoms with Crippen LogP contribution >= 0.6 is 0 Å². The Hall–Kier alpha value is -2.68. The second kappa shape index (κ2) is 7.28. The lowest BCUT2D eigenvalue weighted by molar-refractivity contribution is 0.524. The molecule has 1 atom stereocenters. The Kier molecular flexibility index (Phi) is 4.70. The van der Waals surface area contributed by atoms with E-state index in [1.807, 2.05) is 13.0 Å². The van der Waals surface area contributed by atoms with Crippen LogP contribution in [0.15, 0.2) is 18.5 Å². The van der Waals surface area contributed by atoms with Gasteiger partial charge in [0.25, 0.3) is 0 Å². The number of pyridine rings is 1. The van der Waals surface area contributed by atoms with Gasteiger partial charge in [-0.15, -0.1) is 0 Å². The summed E-state index contributed by atoms with van der Waals surface area (Å²) in [4.78, 5) is 15.6. The normalized spacial score (nSPS) is 19.5. The number of aryl methyl sites for hydroxylation is 3. The van der Waals surface area contributed by atoms with E-state index >= 15 is 0 Å². The van der Waals surface area contributed by atoms with Gasteiger partial charge in [0.1, 0.15) is 24.0 Å². The molecule has 1 fully saturated rings. The average Bonchev–Trinajstić information content (AvgIpc) is 2.67. The highest BCUT2D eigenvalue weighted by Gasteiger charge is 2.25. The zero-order valence-electron chi connectivity index (χ0n) is 15.2. The van der Waals surface area contributed by atoms with Crippen molar-refractivity contribution in [3.8, 4) is 6.07 Å². The first-order valence-electron chi connectivity index (χ1n) is 9.46. The number of nitriles is 1. The van der Waals surface area contributed by atoms with Gasteiger partial charge in [0.05, 0.1) is 5.56 Å². The first-order chi connectivity index (χ1) is 12.7. The van der Waals surface area contributed by atoms with Crippen LogP contribution in [-0.2, 0) is 12.8 Å². The molecule has 1 N–H and O–H groups in total. The molecule has 6 nitrogen and oxygen atoms in total. The van der Waals surface area contributed by atoms with Crippen LogP contribution in [0.25, 0.3) is 0 Å². The zero-order valence-corrected chi connectivity index (χ0v) is 15.2. The quantitative estimate of drug-likeness (QED) is 0.919. The van der Waals surface area contributed by atoms with E-state index in [1.165, 1.54) is 24.1 Å². The molecule has 2 aliphatic rings. The Bertz CT molecular complexity index is 841. The summed E-state index contributed by atoms with van der Waals surface area (Å²) in [5.41, 5.74) is 4.12. The van der Waals surface area contributed by atoms with Crippen molar-refractivity contribution in [2.24, 2.45) is 0 Å². The minimum Gasteiger partial charge on any atom is -0.365 e. The van der Waals surface area contributed by atoms with Crippen LogP contribution in [0.5, 0.6) is 0 Å². The van der Waals surface area contributed by atoms with Gasteiger partial charge < -0.3 is 10.2 Å². The molecule has 134 valence electrons. The van der Waals surface area contributed by atoms with Gasteiger partial charge >= 0.3 is 0 Å². The van der Waals surface area contributed by atoms with Crippen molar-refractivity contribution in [1.29, 1.82) is 5.26 Å². The van der Waals surface area contributed by atoms with Crippen molar-refractivity contribution in [1.82, 2.24) is 15.0 Å². The lowest BCUT2D eigenvalue weighted by Crippen LogP contribution is -2.43. The molecule has 2 aromatic rings. The molecule has 26 heavy (non-hydrogen) atoms. The predicted molar refractivity (Wildman–Crippen MR) is 101 cm³/mol. The molecule has 2 aromatic heterocycles. The summed E-state index contributed by atoms with van der Waals surface area (Å²) >= 11 is 0. The van der Waals surface area contributed by atoms with E-state index in [0.717, 1.165) is 56.1 Å². The highest BCUT2D eigenvalue weighted by Crippen LogP contribution is 2.28. The number of nitrogens with zero attached hydrogens (tertiary/aromatic N) is 5. The molecule has 4 rings (SSSR count). The third-order valence-electron chi connectivity index (χ3n) is 5.28. The first-order valence-corrected chi connectivity index (χ1v) is 9.46. The molecular weight excluding hydrogens is 324 g/mol. The van der Waals surface area contributed by atoms with Crippen LogP contribution < -0.4 is 10.2 Å². The molecule has 0 amide bonds. The maximum atomic E-state index is 9.63. The van der Waals surface area contributed by atoms with E-state index in [4.69, 9.17) is 4.98 Å². The monoisotopic (exact) mass is 348 g/mol. The molecule has 6 heteroatoms. The summed E-state index contributed by atoms with van der Waals surface area (Å²) in [7, 11) is 0. The number of hydrogen-bond donors (Lipinski definition) is 1. The van der Waals surface area contributed by atoms with E-state index in [2.05, 4.69) is 32.3 Å². The van der Waals surface area contributed by atoms with Crippen LogP contribution in [0, 0.1) is 18.3 Å². The van der Waals surface area contributed by atoms with Gasteiger partial charge in [-0.2, -0.15) is 5.26 Å². The largest absolute Gasteiger partial charge is 0.365 e. The molecule has 0 aromatic carbocycles. The maximum absolute atomic E-state index is 9.63. The molecule has 3 heterocycles. The summed E-state index contributed by atoms with van der Waals surface area (Å²) in [6.45, 7) is 3.75. The van der Waals surface area contributed by atoms with Gasteiger partial charge in [-0.1, -0.05) is 0 Å². The Morgan fingerprint density at radius 1 is 1.19 bits per heavy atom. The number of nitrogens with one attached hydrogen (secondary N) is 1. The maximum Gasteiger partial charge on any atom is 0.146 e. The highest BCUT2D eigenvalue weighted by atomic mass is 15.2. The van der Waals surface area contributed by atoms with Crippen LogP contribution in [0.2, 0.25) is 0 Å². The van der Waals surface area contributed by atoms with Crippen molar-refractivity contribution in [2.75, 3.05) is 23.3 Å². The number of piperidine rings is 1. The van der Waals surface area contributed by atoms with Crippen molar-refractivity contribution in [3.63, 3.8) is 0 Å². The number of hydrogen-bond acceptors (Lipinski definition) is 6. The third kappa shape index (κ3) is 3.48. The Morgan fingerprint density at radius 2 is 2.08 bits per heavy atom. The predicted octanol–water partition coefficient (Wildman–Crippen LogP) is 3.01. The molecule has 1 saturated heterocycles. The third-order valence-corrected chi connectivity index (χ3v) is 5.28. The first kappa shape index (κ1) is 16.8. The Balaban J connectivity index is 1.55. The molecule has 1 aliphatic heterocycles.